The molecule has 1 aromatic carbocycles. The van der Waals surface area contributed by atoms with Gasteiger partial charge >= 0.3 is 0 Å². The second-order valence-electron chi connectivity index (χ2n) is 7.16. The lowest BCUT2D eigenvalue weighted by Gasteiger charge is -2.29. The summed E-state index contributed by atoms with van der Waals surface area (Å²) < 4.78 is 12.7. The molecule has 1 fully saturated rings. The van der Waals surface area contributed by atoms with Crippen LogP contribution in [0.25, 0.3) is 11.4 Å². The second-order valence-corrected chi connectivity index (χ2v) is 8.10. The number of amides is 1. The lowest BCUT2D eigenvalue weighted by atomic mass is 9.86. The Morgan fingerprint density at radius 1 is 1.26 bits per heavy atom. The van der Waals surface area contributed by atoms with E-state index < -0.39 is 0 Å². The number of thioether (sulfide) groups is 1. The van der Waals surface area contributed by atoms with Gasteiger partial charge in [-0.05, 0) is 37.0 Å². The molecule has 2 atom stereocenters. The van der Waals surface area contributed by atoms with Crippen molar-refractivity contribution >= 4 is 17.7 Å². The van der Waals surface area contributed by atoms with Crippen LogP contribution in [0.2, 0.25) is 0 Å². The fourth-order valence-corrected chi connectivity index (χ4v) is 4.36. The number of fused-ring (bicyclic) bond motifs is 1. The molecule has 7 nitrogen and oxygen atoms in total. The average molecular weight is 388 g/mol. The number of hydrogen-bond donors (Lipinski definition) is 1. The van der Waals surface area contributed by atoms with Crippen LogP contribution in [0.5, 0.6) is 11.5 Å². The number of rotatable bonds is 5. The van der Waals surface area contributed by atoms with Gasteiger partial charge in [-0.1, -0.05) is 31.5 Å². The van der Waals surface area contributed by atoms with Crippen LogP contribution in [0, 0.1) is 5.92 Å². The summed E-state index contributed by atoms with van der Waals surface area (Å²) in [4.78, 5) is 12.3. The first-order chi connectivity index (χ1) is 13.1. The van der Waals surface area contributed by atoms with Crippen LogP contribution in [-0.4, -0.2) is 39.3 Å². The van der Waals surface area contributed by atoms with E-state index in [1.807, 2.05) is 29.8 Å². The van der Waals surface area contributed by atoms with Crippen molar-refractivity contribution in [3.8, 4) is 22.9 Å². The Bertz CT molecular complexity index is 838. The van der Waals surface area contributed by atoms with Gasteiger partial charge in [0.1, 0.15) is 0 Å². The van der Waals surface area contributed by atoms with Crippen molar-refractivity contribution in [1.29, 1.82) is 0 Å². The number of ether oxygens (including phenoxy) is 2. The Morgan fingerprint density at radius 2 is 2.07 bits per heavy atom. The Kier molecular flexibility index (Phi) is 5.24. The predicted octanol–water partition coefficient (Wildman–Crippen LogP) is 3.00. The molecule has 1 N–H and O–H groups in total. The first-order valence-corrected chi connectivity index (χ1v) is 10.3. The number of hydrogen-bond acceptors (Lipinski definition) is 6. The molecule has 0 saturated heterocycles. The van der Waals surface area contributed by atoms with Crippen LogP contribution in [0.4, 0.5) is 0 Å². The van der Waals surface area contributed by atoms with Gasteiger partial charge in [0.2, 0.25) is 12.7 Å². The molecule has 1 saturated carbocycles. The molecular formula is C19H24N4O3S. The molecular weight excluding hydrogens is 364 g/mol. The largest absolute Gasteiger partial charge is 0.454 e. The first-order valence-electron chi connectivity index (χ1n) is 9.33. The van der Waals surface area contributed by atoms with Gasteiger partial charge in [-0.3, -0.25) is 4.79 Å². The highest BCUT2D eigenvalue weighted by Crippen LogP contribution is 2.35. The summed E-state index contributed by atoms with van der Waals surface area (Å²) in [7, 11) is 1.91. The Labute approximate surface area is 162 Å². The van der Waals surface area contributed by atoms with Crippen molar-refractivity contribution in [2.24, 2.45) is 13.0 Å². The topological polar surface area (TPSA) is 78.3 Å². The Balaban J connectivity index is 1.38. The van der Waals surface area contributed by atoms with E-state index in [4.69, 9.17) is 9.47 Å². The number of carbonyl (C=O) groups excluding carboxylic acids is 1. The van der Waals surface area contributed by atoms with Crippen molar-refractivity contribution in [3.63, 3.8) is 0 Å². The third kappa shape index (κ3) is 3.90. The van der Waals surface area contributed by atoms with E-state index in [1.54, 1.807) is 0 Å². The molecule has 2 aromatic rings. The van der Waals surface area contributed by atoms with Crippen molar-refractivity contribution in [2.75, 3.05) is 12.5 Å². The van der Waals surface area contributed by atoms with Gasteiger partial charge in [0.15, 0.2) is 22.5 Å². The average Bonchev–Trinajstić information content (AvgIpc) is 3.27. The van der Waals surface area contributed by atoms with E-state index in [0.717, 1.165) is 28.7 Å². The van der Waals surface area contributed by atoms with Gasteiger partial charge in [0.25, 0.3) is 0 Å². The van der Waals surface area contributed by atoms with Gasteiger partial charge in [0.05, 0.1) is 5.75 Å². The van der Waals surface area contributed by atoms with Crippen molar-refractivity contribution < 1.29 is 14.3 Å². The minimum Gasteiger partial charge on any atom is -0.454 e. The van der Waals surface area contributed by atoms with Crippen molar-refractivity contribution in [3.05, 3.63) is 18.2 Å². The highest BCUT2D eigenvalue weighted by molar-refractivity contribution is 7.99. The molecule has 0 spiro atoms. The first kappa shape index (κ1) is 18.2. The van der Waals surface area contributed by atoms with Crippen molar-refractivity contribution in [2.45, 2.75) is 43.8 Å². The zero-order chi connectivity index (χ0) is 18.8. The molecule has 2 heterocycles. The third-order valence-corrected chi connectivity index (χ3v) is 6.28. The molecule has 1 aromatic heterocycles. The number of nitrogens with zero attached hydrogens (tertiary/aromatic N) is 3. The molecule has 4 rings (SSSR count). The summed E-state index contributed by atoms with van der Waals surface area (Å²) in [6, 6.07) is 6.01. The molecule has 0 unspecified atom stereocenters. The van der Waals surface area contributed by atoms with Gasteiger partial charge < -0.3 is 19.4 Å². The lowest BCUT2D eigenvalue weighted by molar-refractivity contribution is -0.119. The van der Waals surface area contributed by atoms with Crippen LogP contribution >= 0.6 is 11.8 Å². The summed E-state index contributed by atoms with van der Waals surface area (Å²) in [5.41, 5.74) is 0.904. The molecule has 0 bridgehead atoms. The fraction of sp³-hybridized carbons (Fsp3) is 0.526. The van der Waals surface area contributed by atoms with Gasteiger partial charge in [-0.25, -0.2) is 0 Å². The van der Waals surface area contributed by atoms with Gasteiger partial charge in [0, 0.05) is 18.7 Å². The Morgan fingerprint density at radius 3 is 2.93 bits per heavy atom. The van der Waals surface area contributed by atoms with Crippen LogP contribution in [0.15, 0.2) is 23.4 Å². The minimum atomic E-state index is 0.0615. The van der Waals surface area contributed by atoms with Crippen molar-refractivity contribution in [1.82, 2.24) is 20.1 Å². The standard InChI is InChI=1S/C19H24N4O3S/c1-12-5-3-4-6-14(12)20-17(24)10-27-19-22-21-18(23(19)2)13-7-8-15-16(9-13)26-11-25-15/h7-9,12,14H,3-6,10-11H2,1-2H3,(H,20,24)/t12-,14+/m0/s1. The van der Waals surface area contributed by atoms with Crippen LogP contribution in [0.3, 0.4) is 0 Å². The normalized spacial score (nSPS) is 21.3. The maximum absolute atomic E-state index is 12.3. The van der Waals surface area contributed by atoms with E-state index >= 15 is 0 Å². The predicted molar refractivity (Wildman–Crippen MR) is 103 cm³/mol. The van der Waals surface area contributed by atoms with Crippen LogP contribution in [0.1, 0.15) is 32.6 Å². The monoisotopic (exact) mass is 388 g/mol. The zero-order valence-corrected chi connectivity index (χ0v) is 16.4. The molecule has 2 aliphatic rings. The van der Waals surface area contributed by atoms with Crippen LogP contribution < -0.4 is 14.8 Å². The molecule has 144 valence electrons. The maximum atomic E-state index is 12.3. The third-order valence-electron chi connectivity index (χ3n) is 5.26. The van der Waals surface area contributed by atoms with E-state index in [-0.39, 0.29) is 12.7 Å². The quantitative estimate of drug-likeness (QED) is 0.794. The fourth-order valence-electron chi connectivity index (χ4n) is 3.64. The SMILES string of the molecule is C[C@H]1CCCC[C@H]1NC(=O)CSc1nnc(-c2ccc3c(c2)OCO3)n1C. The summed E-state index contributed by atoms with van der Waals surface area (Å²) >= 11 is 1.41. The van der Waals surface area contributed by atoms with E-state index in [2.05, 4.69) is 22.4 Å². The van der Waals surface area contributed by atoms with Gasteiger partial charge in [-0.2, -0.15) is 0 Å². The summed E-state index contributed by atoms with van der Waals surface area (Å²) in [5, 5.41) is 12.4. The Hall–Kier alpha value is -2.22. The zero-order valence-electron chi connectivity index (χ0n) is 15.6. The van der Waals surface area contributed by atoms with Gasteiger partial charge in [-0.15, -0.1) is 10.2 Å². The number of aromatic nitrogens is 3. The molecule has 27 heavy (non-hydrogen) atoms. The smallest absolute Gasteiger partial charge is 0.231 e. The summed E-state index contributed by atoms with van der Waals surface area (Å²) in [5.74, 6) is 3.15. The lowest BCUT2D eigenvalue weighted by Crippen LogP contribution is -2.41. The van der Waals surface area contributed by atoms with E-state index in [1.165, 1.54) is 31.0 Å². The van der Waals surface area contributed by atoms with Crippen LogP contribution in [-0.2, 0) is 11.8 Å². The number of nitrogens with one attached hydrogen (secondary N) is 1. The second kappa shape index (κ2) is 7.80. The molecule has 8 heteroatoms. The van der Waals surface area contributed by atoms with E-state index in [9.17, 15) is 4.79 Å². The molecule has 1 aliphatic carbocycles. The maximum Gasteiger partial charge on any atom is 0.231 e. The highest BCUT2D eigenvalue weighted by Gasteiger charge is 2.23. The number of benzene rings is 1. The molecule has 1 aliphatic heterocycles. The molecule has 0 radical (unpaired) electrons. The van der Waals surface area contributed by atoms with E-state index in [0.29, 0.717) is 23.5 Å². The highest BCUT2D eigenvalue weighted by atomic mass is 32.2. The molecule has 1 amide bonds. The minimum absolute atomic E-state index is 0.0615. The summed E-state index contributed by atoms with van der Waals surface area (Å²) in [6.07, 6.45) is 4.74. The summed E-state index contributed by atoms with van der Waals surface area (Å²) in [6.45, 7) is 2.46. The number of carbonyl (C=O) groups is 1.